The lowest BCUT2D eigenvalue weighted by atomic mass is 10.2. The SMILES string of the molecule is O=C(OCc1ccccc1)c1ccc(N[SH](=O)=O)cc1. The predicted molar refractivity (Wildman–Crippen MR) is 75.9 cm³/mol. The molecule has 0 saturated carbocycles. The van der Waals surface area contributed by atoms with Crippen LogP contribution in [0.1, 0.15) is 15.9 Å². The second-order valence-corrected chi connectivity index (χ2v) is 4.75. The quantitative estimate of drug-likeness (QED) is 0.652. The van der Waals surface area contributed by atoms with Crippen LogP contribution in [0.2, 0.25) is 0 Å². The van der Waals surface area contributed by atoms with Gasteiger partial charge in [0.25, 0.3) is 0 Å². The molecule has 0 saturated heterocycles. The number of thiol groups is 1. The first-order chi connectivity index (χ1) is 9.65. The van der Waals surface area contributed by atoms with Crippen LogP contribution in [-0.2, 0) is 22.2 Å². The van der Waals surface area contributed by atoms with Crippen LogP contribution in [0, 0.1) is 0 Å². The van der Waals surface area contributed by atoms with Crippen molar-refractivity contribution in [3.8, 4) is 0 Å². The Morgan fingerprint density at radius 2 is 1.65 bits per heavy atom. The van der Waals surface area contributed by atoms with E-state index < -0.39 is 16.9 Å². The average Bonchev–Trinajstić information content (AvgIpc) is 2.46. The van der Waals surface area contributed by atoms with Crippen molar-refractivity contribution >= 4 is 22.5 Å². The van der Waals surface area contributed by atoms with Gasteiger partial charge in [-0.3, -0.25) is 4.72 Å². The van der Waals surface area contributed by atoms with Gasteiger partial charge in [0.1, 0.15) is 6.61 Å². The lowest BCUT2D eigenvalue weighted by molar-refractivity contribution is 0.0473. The fourth-order valence-electron chi connectivity index (χ4n) is 1.59. The Bertz CT molecular complexity index is 643. The molecule has 0 spiro atoms. The Hall–Kier alpha value is -2.34. The summed E-state index contributed by atoms with van der Waals surface area (Å²) in [6, 6.07) is 15.4. The maximum absolute atomic E-state index is 11.8. The van der Waals surface area contributed by atoms with Crippen molar-refractivity contribution in [1.82, 2.24) is 0 Å². The largest absolute Gasteiger partial charge is 0.457 e. The van der Waals surface area contributed by atoms with Crippen molar-refractivity contribution in [3.63, 3.8) is 0 Å². The third-order valence-electron chi connectivity index (χ3n) is 2.55. The normalized spacial score (nSPS) is 10.2. The number of hydrogen-bond acceptors (Lipinski definition) is 4. The molecule has 0 heterocycles. The van der Waals surface area contributed by atoms with Crippen molar-refractivity contribution in [2.75, 3.05) is 4.72 Å². The predicted octanol–water partition coefficient (Wildman–Crippen LogP) is 1.98. The summed E-state index contributed by atoms with van der Waals surface area (Å²) in [7, 11) is -2.70. The Balaban J connectivity index is 1.95. The molecule has 0 atom stereocenters. The number of ether oxygens (including phenoxy) is 1. The van der Waals surface area contributed by atoms with Crippen LogP contribution in [0.5, 0.6) is 0 Å². The monoisotopic (exact) mass is 291 g/mol. The minimum atomic E-state index is -2.70. The number of carbonyl (C=O) groups is 1. The van der Waals surface area contributed by atoms with Gasteiger partial charge in [0, 0.05) is 5.69 Å². The topological polar surface area (TPSA) is 72.5 Å². The third-order valence-corrected chi connectivity index (χ3v) is 2.99. The highest BCUT2D eigenvalue weighted by Gasteiger charge is 2.07. The molecule has 0 amide bonds. The maximum atomic E-state index is 11.8. The Morgan fingerprint density at radius 1 is 1.00 bits per heavy atom. The van der Waals surface area contributed by atoms with Gasteiger partial charge in [-0.2, -0.15) is 0 Å². The number of esters is 1. The zero-order valence-electron chi connectivity index (χ0n) is 10.5. The highest BCUT2D eigenvalue weighted by molar-refractivity contribution is 7.73. The molecule has 0 aliphatic rings. The molecule has 2 aromatic carbocycles. The minimum absolute atomic E-state index is 0.200. The van der Waals surface area contributed by atoms with E-state index in [9.17, 15) is 13.2 Å². The Labute approximate surface area is 118 Å². The molecule has 0 aromatic heterocycles. The van der Waals surface area contributed by atoms with Crippen molar-refractivity contribution in [2.24, 2.45) is 0 Å². The summed E-state index contributed by atoms with van der Waals surface area (Å²) >= 11 is 0. The van der Waals surface area contributed by atoms with Gasteiger partial charge in [0.05, 0.1) is 5.56 Å². The first-order valence-corrected chi connectivity index (χ1v) is 7.05. The highest BCUT2D eigenvalue weighted by atomic mass is 32.2. The summed E-state index contributed by atoms with van der Waals surface area (Å²) in [5.74, 6) is -0.452. The van der Waals surface area contributed by atoms with E-state index in [1.807, 2.05) is 30.3 Å². The van der Waals surface area contributed by atoms with Gasteiger partial charge >= 0.3 is 5.97 Å². The fourth-order valence-corrected chi connectivity index (χ4v) is 1.95. The highest BCUT2D eigenvalue weighted by Crippen LogP contribution is 2.11. The van der Waals surface area contributed by atoms with Gasteiger partial charge in [-0.05, 0) is 29.8 Å². The summed E-state index contributed by atoms with van der Waals surface area (Å²) in [5, 5.41) is 0. The van der Waals surface area contributed by atoms with Crippen molar-refractivity contribution in [1.29, 1.82) is 0 Å². The molecule has 2 aromatic rings. The summed E-state index contributed by atoms with van der Waals surface area (Å²) < 4.78 is 28.3. The molecule has 0 bridgehead atoms. The Kier molecular flexibility index (Phi) is 4.73. The molecular formula is C14H13NO4S. The average molecular weight is 291 g/mol. The van der Waals surface area contributed by atoms with Crippen molar-refractivity contribution < 1.29 is 17.9 Å². The maximum Gasteiger partial charge on any atom is 0.338 e. The molecule has 2 rings (SSSR count). The Morgan fingerprint density at radius 3 is 2.25 bits per heavy atom. The molecule has 1 N–H and O–H groups in total. The number of rotatable bonds is 5. The van der Waals surface area contributed by atoms with Crippen LogP contribution < -0.4 is 4.72 Å². The molecule has 0 unspecified atom stereocenters. The van der Waals surface area contributed by atoms with Gasteiger partial charge in [-0.1, -0.05) is 30.3 Å². The van der Waals surface area contributed by atoms with Gasteiger partial charge in [-0.15, -0.1) is 0 Å². The third kappa shape index (κ3) is 4.10. The van der Waals surface area contributed by atoms with E-state index >= 15 is 0 Å². The van der Waals surface area contributed by atoms with Crippen molar-refractivity contribution in [3.05, 3.63) is 65.7 Å². The van der Waals surface area contributed by atoms with Crippen LogP contribution in [0.15, 0.2) is 54.6 Å². The summed E-state index contributed by atoms with van der Waals surface area (Å²) in [5.41, 5.74) is 1.68. The van der Waals surface area contributed by atoms with Gasteiger partial charge < -0.3 is 4.74 Å². The van der Waals surface area contributed by atoms with Crippen LogP contribution in [-0.4, -0.2) is 14.4 Å². The minimum Gasteiger partial charge on any atom is -0.457 e. The van der Waals surface area contributed by atoms with Gasteiger partial charge in [0.15, 0.2) is 0 Å². The zero-order valence-corrected chi connectivity index (χ0v) is 11.4. The van der Waals surface area contributed by atoms with Crippen LogP contribution >= 0.6 is 0 Å². The van der Waals surface area contributed by atoms with Gasteiger partial charge in [0.2, 0.25) is 10.9 Å². The molecule has 0 radical (unpaired) electrons. The molecule has 104 valence electrons. The molecule has 0 aliphatic carbocycles. The number of hydrogen-bond donors (Lipinski definition) is 2. The van der Waals surface area contributed by atoms with Crippen LogP contribution in [0.3, 0.4) is 0 Å². The number of benzene rings is 2. The van der Waals surface area contributed by atoms with Crippen LogP contribution in [0.25, 0.3) is 0 Å². The molecule has 0 fully saturated rings. The van der Waals surface area contributed by atoms with E-state index in [4.69, 9.17) is 4.74 Å². The van der Waals surface area contributed by atoms with Gasteiger partial charge in [-0.25, -0.2) is 13.2 Å². The summed E-state index contributed by atoms with van der Waals surface area (Å²) in [4.78, 5) is 11.8. The standard InChI is InChI=1S/C14H13NO4S/c16-14(19-10-11-4-2-1-3-5-11)12-6-8-13(9-7-12)15-20(17)18/h1-9,20H,10H2,(H,15,17,18). The van der Waals surface area contributed by atoms with E-state index in [1.54, 1.807) is 0 Å². The first-order valence-electron chi connectivity index (χ1n) is 5.87. The van der Waals surface area contributed by atoms with E-state index in [2.05, 4.69) is 4.72 Å². The number of carbonyl (C=O) groups excluding carboxylic acids is 1. The second-order valence-electron chi connectivity index (χ2n) is 4.01. The second kappa shape index (κ2) is 6.72. The molecule has 6 heteroatoms. The van der Waals surface area contributed by atoms with E-state index in [0.717, 1.165) is 5.56 Å². The van der Waals surface area contributed by atoms with E-state index in [-0.39, 0.29) is 6.61 Å². The number of anilines is 1. The summed E-state index contributed by atoms with van der Waals surface area (Å²) in [6.07, 6.45) is 0. The molecule has 0 aliphatic heterocycles. The fraction of sp³-hybridized carbons (Fsp3) is 0.0714. The van der Waals surface area contributed by atoms with Crippen LogP contribution in [0.4, 0.5) is 5.69 Å². The first kappa shape index (κ1) is 14.1. The smallest absolute Gasteiger partial charge is 0.338 e. The zero-order chi connectivity index (χ0) is 14.4. The molecular weight excluding hydrogens is 278 g/mol. The van der Waals surface area contributed by atoms with E-state index in [1.165, 1.54) is 24.3 Å². The lowest BCUT2D eigenvalue weighted by Gasteiger charge is -2.05. The molecule has 5 nitrogen and oxygen atoms in total. The van der Waals surface area contributed by atoms with Crippen molar-refractivity contribution in [2.45, 2.75) is 6.61 Å². The summed E-state index contributed by atoms with van der Waals surface area (Å²) in [6.45, 7) is 0.200. The van der Waals surface area contributed by atoms with E-state index in [0.29, 0.717) is 11.3 Å². The molecule has 20 heavy (non-hydrogen) atoms. The number of nitrogens with one attached hydrogen (secondary N) is 1. The lowest BCUT2D eigenvalue weighted by Crippen LogP contribution is -2.05.